The molecule has 98 valence electrons. The van der Waals surface area contributed by atoms with Crippen LogP contribution in [0.25, 0.3) is 0 Å². The van der Waals surface area contributed by atoms with E-state index >= 15 is 0 Å². The molecule has 1 heterocycles. The maximum Gasteiger partial charge on any atom is 0.250 e. The predicted molar refractivity (Wildman–Crippen MR) is 71.6 cm³/mol. The van der Waals surface area contributed by atoms with Crippen LogP contribution >= 0.6 is 11.6 Å². The van der Waals surface area contributed by atoms with Crippen molar-refractivity contribution in [2.75, 3.05) is 32.1 Å². The van der Waals surface area contributed by atoms with Gasteiger partial charge in [-0.2, -0.15) is 0 Å². The van der Waals surface area contributed by atoms with Crippen molar-refractivity contribution in [1.82, 2.24) is 5.06 Å². The van der Waals surface area contributed by atoms with Crippen LogP contribution in [0.1, 0.15) is 6.42 Å². The van der Waals surface area contributed by atoms with Gasteiger partial charge in [0.25, 0.3) is 5.91 Å². The van der Waals surface area contributed by atoms with E-state index in [1.165, 1.54) is 12.2 Å². The van der Waals surface area contributed by atoms with Gasteiger partial charge in [-0.1, -0.05) is 11.6 Å². The van der Waals surface area contributed by atoms with E-state index in [9.17, 15) is 4.79 Å². The van der Waals surface area contributed by atoms with Crippen molar-refractivity contribution in [3.8, 4) is 0 Å². The van der Waals surface area contributed by atoms with E-state index in [2.05, 4.69) is 4.90 Å². The number of anilines is 1. The minimum Gasteiger partial charge on any atom is -0.371 e. The summed E-state index contributed by atoms with van der Waals surface area (Å²) in [6.45, 7) is 1.61. The molecule has 0 bridgehead atoms. The van der Waals surface area contributed by atoms with Gasteiger partial charge in [0.2, 0.25) is 0 Å². The molecule has 2 rings (SSSR count). The van der Waals surface area contributed by atoms with Crippen LogP contribution in [0.4, 0.5) is 5.69 Å². The van der Waals surface area contributed by atoms with Gasteiger partial charge in [0, 0.05) is 30.8 Å². The van der Waals surface area contributed by atoms with Gasteiger partial charge < -0.3 is 4.90 Å². The lowest BCUT2D eigenvalue weighted by atomic mass is 10.1. The lowest BCUT2D eigenvalue weighted by Crippen LogP contribution is -2.33. The molecule has 0 aromatic heterocycles. The minimum absolute atomic E-state index is 0.00521. The number of hydrogen-bond donors (Lipinski definition) is 0. The Hall–Kier alpha value is -1.26. The third kappa shape index (κ3) is 2.76. The van der Waals surface area contributed by atoms with Crippen molar-refractivity contribution >= 4 is 23.2 Å². The Morgan fingerprint density at radius 1 is 1.44 bits per heavy atom. The summed E-state index contributed by atoms with van der Waals surface area (Å²) in [7, 11) is 3.15. The molecule has 0 N–H and O–H groups in total. The summed E-state index contributed by atoms with van der Waals surface area (Å²) in [6.07, 6.45) is 0.856. The number of halogens is 1. The SMILES string of the molecule is CON(C)C(=O)C1CCN(c2ccc(Cl)cc2)C1. The van der Waals surface area contributed by atoms with Gasteiger partial charge in [-0.25, -0.2) is 5.06 Å². The largest absolute Gasteiger partial charge is 0.371 e. The number of rotatable bonds is 3. The van der Waals surface area contributed by atoms with Gasteiger partial charge in [-0.05, 0) is 30.7 Å². The molecule has 1 saturated heterocycles. The van der Waals surface area contributed by atoms with E-state index in [4.69, 9.17) is 16.4 Å². The number of carbonyl (C=O) groups excluding carboxylic acids is 1. The Bertz CT molecular complexity index is 422. The third-order valence-corrected chi connectivity index (χ3v) is 3.57. The topological polar surface area (TPSA) is 32.8 Å². The van der Waals surface area contributed by atoms with Gasteiger partial charge in [0.05, 0.1) is 13.0 Å². The molecular weight excluding hydrogens is 252 g/mol. The molecule has 1 unspecified atom stereocenters. The number of carbonyl (C=O) groups is 1. The average Bonchev–Trinajstić information content (AvgIpc) is 2.87. The Morgan fingerprint density at radius 2 is 2.11 bits per heavy atom. The monoisotopic (exact) mass is 268 g/mol. The zero-order valence-corrected chi connectivity index (χ0v) is 11.4. The van der Waals surface area contributed by atoms with Crippen molar-refractivity contribution in [1.29, 1.82) is 0 Å². The summed E-state index contributed by atoms with van der Waals surface area (Å²) in [4.78, 5) is 19.1. The molecule has 5 heteroatoms. The van der Waals surface area contributed by atoms with Crippen molar-refractivity contribution in [2.24, 2.45) is 5.92 Å². The predicted octanol–water partition coefficient (Wildman–Crippen LogP) is 2.19. The number of benzene rings is 1. The first-order chi connectivity index (χ1) is 8.61. The molecule has 0 spiro atoms. The fourth-order valence-electron chi connectivity index (χ4n) is 2.20. The first kappa shape index (κ1) is 13.2. The smallest absolute Gasteiger partial charge is 0.250 e. The van der Waals surface area contributed by atoms with Gasteiger partial charge in [-0.15, -0.1) is 0 Å². The van der Waals surface area contributed by atoms with Gasteiger partial charge in [-0.3, -0.25) is 9.63 Å². The normalized spacial score (nSPS) is 19.1. The highest BCUT2D eigenvalue weighted by atomic mass is 35.5. The standard InChI is InChI=1S/C13H17ClN2O2/c1-15(18-2)13(17)10-7-8-16(9-10)12-5-3-11(14)4-6-12/h3-6,10H,7-9H2,1-2H3. The summed E-state index contributed by atoms with van der Waals surface area (Å²) in [5.74, 6) is 0.0413. The maximum absolute atomic E-state index is 12.0. The van der Waals surface area contributed by atoms with E-state index in [1.54, 1.807) is 7.05 Å². The summed E-state index contributed by atoms with van der Waals surface area (Å²) >= 11 is 5.86. The third-order valence-electron chi connectivity index (χ3n) is 3.31. The number of nitrogens with zero attached hydrogens (tertiary/aromatic N) is 2. The second-order valence-electron chi connectivity index (χ2n) is 4.43. The van der Waals surface area contributed by atoms with Gasteiger partial charge >= 0.3 is 0 Å². The second kappa shape index (κ2) is 5.59. The molecule has 1 aliphatic rings. The zero-order chi connectivity index (χ0) is 13.1. The van der Waals surface area contributed by atoms with Crippen LogP contribution in [0.5, 0.6) is 0 Å². The first-order valence-corrected chi connectivity index (χ1v) is 6.32. The Labute approximate surface area is 112 Å². The molecule has 4 nitrogen and oxygen atoms in total. The van der Waals surface area contributed by atoms with E-state index in [0.29, 0.717) is 0 Å². The quantitative estimate of drug-likeness (QED) is 0.788. The molecule has 1 fully saturated rings. The van der Waals surface area contributed by atoms with E-state index < -0.39 is 0 Å². The lowest BCUT2D eigenvalue weighted by Gasteiger charge is -2.20. The Kier molecular flexibility index (Phi) is 4.09. The van der Waals surface area contributed by atoms with Gasteiger partial charge in [0.1, 0.15) is 0 Å². The van der Waals surface area contributed by atoms with Crippen LogP contribution in [-0.2, 0) is 9.63 Å². The second-order valence-corrected chi connectivity index (χ2v) is 4.86. The average molecular weight is 269 g/mol. The van der Waals surface area contributed by atoms with Crippen molar-refractivity contribution in [3.05, 3.63) is 29.3 Å². The first-order valence-electron chi connectivity index (χ1n) is 5.94. The molecule has 1 aromatic rings. The molecule has 0 radical (unpaired) electrons. The Balaban J connectivity index is 2.00. The summed E-state index contributed by atoms with van der Waals surface area (Å²) in [5.41, 5.74) is 1.11. The van der Waals surface area contributed by atoms with Crippen LogP contribution in [0.3, 0.4) is 0 Å². The summed E-state index contributed by atoms with van der Waals surface area (Å²) in [6, 6.07) is 7.70. The molecule has 1 aliphatic heterocycles. The lowest BCUT2D eigenvalue weighted by molar-refractivity contribution is -0.172. The van der Waals surface area contributed by atoms with Crippen LogP contribution in [0, 0.1) is 5.92 Å². The minimum atomic E-state index is 0.00521. The fraction of sp³-hybridized carbons (Fsp3) is 0.462. The van der Waals surface area contributed by atoms with E-state index in [1.807, 2.05) is 24.3 Å². The summed E-state index contributed by atoms with van der Waals surface area (Å²) in [5, 5.41) is 2.03. The van der Waals surface area contributed by atoms with Crippen molar-refractivity contribution in [2.45, 2.75) is 6.42 Å². The van der Waals surface area contributed by atoms with Crippen LogP contribution in [0.2, 0.25) is 5.02 Å². The maximum atomic E-state index is 12.0. The van der Waals surface area contributed by atoms with Crippen LogP contribution in [-0.4, -0.2) is 38.2 Å². The molecule has 1 aromatic carbocycles. The molecule has 1 amide bonds. The van der Waals surface area contributed by atoms with Gasteiger partial charge in [0.15, 0.2) is 0 Å². The van der Waals surface area contributed by atoms with Crippen molar-refractivity contribution < 1.29 is 9.63 Å². The molecule has 18 heavy (non-hydrogen) atoms. The van der Waals surface area contributed by atoms with Crippen LogP contribution in [0.15, 0.2) is 24.3 Å². The van der Waals surface area contributed by atoms with E-state index in [0.717, 1.165) is 30.2 Å². The Morgan fingerprint density at radius 3 is 2.72 bits per heavy atom. The highest BCUT2D eigenvalue weighted by molar-refractivity contribution is 6.30. The highest BCUT2D eigenvalue weighted by Crippen LogP contribution is 2.26. The fourth-order valence-corrected chi connectivity index (χ4v) is 2.32. The number of hydroxylamine groups is 2. The van der Waals surface area contributed by atoms with E-state index in [-0.39, 0.29) is 11.8 Å². The van der Waals surface area contributed by atoms with Crippen LogP contribution < -0.4 is 4.90 Å². The van der Waals surface area contributed by atoms with Crippen molar-refractivity contribution in [3.63, 3.8) is 0 Å². The molecule has 0 saturated carbocycles. The highest BCUT2D eigenvalue weighted by Gasteiger charge is 2.30. The summed E-state index contributed by atoms with van der Waals surface area (Å²) < 4.78 is 0. The molecule has 1 atom stereocenters. The number of hydrogen-bond acceptors (Lipinski definition) is 3. The molecular formula is C13H17ClN2O2. The zero-order valence-electron chi connectivity index (χ0n) is 10.6. The number of amides is 1. The molecule has 0 aliphatic carbocycles.